The van der Waals surface area contributed by atoms with Crippen molar-refractivity contribution in [3.05, 3.63) is 29.8 Å². The summed E-state index contributed by atoms with van der Waals surface area (Å²) in [5.41, 5.74) is 4.90. The number of anilines is 2. The minimum absolute atomic E-state index is 0.00522. The van der Waals surface area contributed by atoms with Gasteiger partial charge in [0.2, 0.25) is 11.8 Å². The number of hydrogen-bond donors (Lipinski definition) is 3. The third kappa shape index (κ3) is 3.74. The number of imidazole rings is 1. The molecule has 2 amide bonds. The molecule has 4 N–H and O–H groups in total. The van der Waals surface area contributed by atoms with Crippen molar-refractivity contribution < 1.29 is 31.5 Å². The second-order valence-electron chi connectivity index (χ2n) is 9.87. The maximum atomic E-state index is 13.6. The van der Waals surface area contributed by atoms with E-state index in [4.69, 9.17) is 5.73 Å². The maximum Gasteiger partial charge on any atom is 0.453 e. The molecule has 6 rings (SSSR count). The van der Waals surface area contributed by atoms with Gasteiger partial charge in [0.1, 0.15) is 17.3 Å². The fraction of sp³-hybridized carbons (Fsp3) is 0.478. The zero-order chi connectivity index (χ0) is 27.0. The number of aryl methyl sites for hydroxylation is 1. The number of alkyl halides is 5. The normalized spacial score (nSPS) is 21.4. The van der Waals surface area contributed by atoms with E-state index in [9.17, 15) is 31.5 Å². The number of amides is 2. The van der Waals surface area contributed by atoms with Crippen LogP contribution in [0, 0.1) is 5.92 Å². The van der Waals surface area contributed by atoms with Gasteiger partial charge in [0.05, 0.1) is 11.3 Å². The van der Waals surface area contributed by atoms with Gasteiger partial charge < -0.3 is 20.8 Å². The number of rotatable bonds is 7. The molecule has 0 aromatic carbocycles. The van der Waals surface area contributed by atoms with Crippen molar-refractivity contribution >= 4 is 29.1 Å². The van der Waals surface area contributed by atoms with E-state index in [1.54, 1.807) is 0 Å². The van der Waals surface area contributed by atoms with Crippen LogP contribution in [0.3, 0.4) is 0 Å². The molecule has 3 aromatic rings. The summed E-state index contributed by atoms with van der Waals surface area (Å²) in [6, 6.07) is 0.00522. The minimum Gasteiger partial charge on any atom is -0.383 e. The summed E-state index contributed by atoms with van der Waals surface area (Å²) in [6.07, 6.45) is -0.795. The molecule has 3 aliphatic rings. The number of carbonyl (C=O) groups excluding carboxylic acids is 2. The molecule has 0 bridgehead atoms. The number of nitrogens with zero attached hydrogens (tertiary/aromatic N) is 5. The van der Waals surface area contributed by atoms with Crippen LogP contribution in [0.25, 0.3) is 17.2 Å². The van der Waals surface area contributed by atoms with Gasteiger partial charge in [-0.25, -0.2) is 19.9 Å². The van der Waals surface area contributed by atoms with E-state index in [-0.39, 0.29) is 52.0 Å². The fourth-order valence-corrected chi connectivity index (χ4v) is 4.92. The average Bonchev–Trinajstić information content (AvgIpc) is 3.77. The van der Waals surface area contributed by atoms with Crippen molar-refractivity contribution in [3.63, 3.8) is 0 Å². The summed E-state index contributed by atoms with van der Waals surface area (Å²) in [5.74, 6) is -6.38. The number of nitrogen functional groups attached to an aromatic ring is 1. The van der Waals surface area contributed by atoms with Crippen LogP contribution in [0.15, 0.2) is 18.6 Å². The van der Waals surface area contributed by atoms with Crippen LogP contribution < -0.4 is 16.4 Å². The van der Waals surface area contributed by atoms with Crippen LogP contribution in [0.1, 0.15) is 43.4 Å². The number of nitrogens with two attached hydrogens (primary N) is 1. The highest BCUT2D eigenvalue weighted by molar-refractivity contribution is 6.22. The molecule has 0 radical (unpaired) electrons. The van der Waals surface area contributed by atoms with Crippen molar-refractivity contribution in [1.82, 2.24) is 29.7 Å². The van der Waals surface area contributed by atoms with Gasteiger partial charge in [-0.15, -0.1) is 0 Å². The number of carbonyl (C=O) groups is 2. The summed E-state index contributed by atoms with van der Waals surface area (Å²) in [7, 11) is 0. The highest BCUT2D eigenvalue weighted by atomic mass is 19.4. The predicted molar refractivity (Wildman–Crippen MR) is 122 cm³/mol. The predicted octanol–water partition coefficient (Wildman–Crippen LogP) is 2.78. The summed E-state index contributed by atoms with van der Waals surface area (Å²) in [4.78, 5) is 43.4. The third-order valence-electron chi connectivity index (χ3n) is 7.15. The quantitative estimate of drug-likeness (QED) is 0.312. The number of fused-ring (bicyclic) bond motifs is 2. The lowest BCUT2D eigenvalue weighted by atomic mass is 9.76. The summed E-state index contributed by atoms with van der Waals surface area (Å²) < 4.78 is 66.7. The number of nitrogens with one attached hydrogen (secondary N) is 2. The smallest absolute Gasteiger partial charge is 0.383 e. The fourth-order valence-electron chi connectivity index (χ4n) is 4.92. The van der Waals surface area contributed by atoms with Gasteiger partial charge >= 0.3 is 12.1 Å². The van der Waals surface area contributed by atoms with Crippen LogP contribution in [0.2, 0.25) is 0 Å². The monoisotopic (exact) mass is 536 g/mol. The molecule has 3 aromatic heterocycles. The van der Waals surface area contributed by atoms with Crippen molar-refractivity contribution in [2.75, 3.05) is 11.1 Å². The zero-order valence-corrected chi connectivity index (χ0v) is 19.6. The van der Waals surface area contributed by atoms with Gasteiger partial charge in [-0.05, 0) is 38.0 Å². The SMILES string of the molecule is Nc1nc(-c2cn3ccnc3c(CCC(F)(F)C(F)(F)F)n2)nc2c1C(C(=O)NC1CC1)(C1CC1)C(=O)N2. The first-order valence-electron chi connectivity index (χ1n) is 12.0. The number of hydrogen-bond acceptors (Lipinski definition) is 7. The van der Waals surface area contributed by atoms with Gasteiger partial charge in [-0.3, -0.25) is 9.59 Å². The lowest BCUT2D eigenvalue weighted by Crippen LogP contribution is -2.51. The largest absolute Gasteiger partial charge is 0.453 e. The number of halogens is 5. The van der Waals surface area contributed by atoms with E-state index in [0.29, 0.717) is 12.8 Å². The van der Waals surface area contributed by atoms with Gasteiger partial charge in [0, 0.05) is 31.1 Å². The van der Waals surface area contributed by atoms with Crippen LogP contribution in [-0.4, -0.2) is 54.3 Å². The molecular weight excluding hydrogens is 515 g/mol. The van der Waals surface area contributed by atoms with Crippen molar-refractivity contribution in [3.8, 4) is 11.5 Å². The standard InChI is InChI=1S/C23H21F5N8O2/c24-21(25,23(26,27)28)6-5-12-18-30-7-8-36(18)9-13(32-12)16-33-15(29)14-17(34-16)35-20(38)22(14,10-1-2-10)19(37)31-11-3-4-11/h7-11H,1-6H2,(H,31,37)(H3,29,33,34,35,38). The molecule has 200 valence electrons. The zero-order valence-electron chi connectivity index (χ0n) is 19.6. The second-order valence-corrected chi connectivity index (χ2v) is 9.87. The van der Waals surface area contributed by atoms with Gasteiger partial charge in [-0.1, -0.05) is 0 Å². The first-order chi connectivity index (χ1) is 17.9. The van der Waals surface area contributed by atoms with Gasteiger partial charge in [0.15, 0.2) is 16.9 Å². The van der Waals surface area contributed by atoms with Crippen molar-refractivity contribution in [1.29, 1.82) is 0 Å². The number of aromatic nitrogens is 5. The first-order valence-corrected chi connectivity index (χ1v) is 12.0. The van der Waals surface area contributed by atoms with Crippen molar-refractivity contribution in [2.24, 2.45) is 5.92 Å². The Bertz CT molecular complexity index is 1480. The molecule has 0 saturated heterocycles. The summed E-state index contributed by atoms with van der Waals surface area (Å²) in [6.45, 7) is 0. The van der Waals surface area contributed by atoms with Crippen LogP contribution in [0.4, 0.5) is 33.6 Å². The Labute approximate surface area is 211 Å². The molecule has 1 aliphatic heterocycles. The molecule has 2 saturated carbocycles. The van der Waals surface area contributed by atoms with Crippen LogP contribution in [0.5, 0.6) is 0 Å². The van der Waals surface area contributed by atoms with E-state index in [1.807, 2.05) is 0 Å². The highest BCUT2D eigenvalue weighted by Crippen LogP contribution is 2.54. The van der Waals surface area contributed by atoms with Gasteiger partial charge in [-0.2, -0.15) is 22.0 Å². The molecule has 15 heteroatoms. The summed E-state index contributed by atoms with van der Waals surface area (Å²) >= 11 is 0. The van der Waals surface area contributed by atoms with E-state index in [0.717, 1.165) is 12.8 Å². The Morgan fingerprint density at radius 2 is 1.89 bits per heavy atom. The Balaban J connectivity index is 1.39. The molecule has 0 spiro atoms. The molecule has 2 fully saturated rings. The topological polar surface area (TPSA) is 140 Å². The Morgan fingerprint density at radius 3 is 2.55 bits per heavy atom. The lowest BCUT2D eigenvalue weighted by molar-refractivity contribution is -0.284. The van der Waals surface area contributed by atoms with Crippen LogP contribution >= 0.6 is 0 Å². The molecular formula is C23H21F5N8O2. The molecule has 2 aliphatic carbocycles. The molecule has 38 heavy (non-hydrogen) atoms. The van der Waals surface area contributed by atoms with E-state index >= 15 is 0 Å². The van der Waals surface area contributed by atoms with Gasteiger partial charge in [0.25, 0.3) is 0 Å². The molecule has 4 heterocycles. The molecule has 1 unspecified atom stereocenters. The first kappa shape index (κ1) is 24.4. The van der Waals surface area contributed by atoms with Crippen molar-refractivity contribution in [2.45, 2.75) is 62.1 Å². The lowest BCUT2D eigenvalue weighted by Gasteiger charge is -2.26. The minimum atomic E-state index is -5.70. The van der Waals surface area contributed by atoms with E-state index < -0.39 is 42.2 Å². The Hall–Kier alpha value is -3.91. The second kappa shape index (κ2) is 8.04. The van der Waals surface area contributed by atoms with Crippen LogP contribution in [-0.2, 0) is 21.4 Å². The van der Waals surface area contributed by atoms with E-state index in [1.165, 1.54) is 23.0 Å². The highest BCUT2D eigenvalue weighted by Gasteiger charge is 2.64. The third-order valence-corrected chi connectivity index (χ3v) is 7.15. The van der Waals surface area contributed by atoms with E-state index in [2.05, 4.69) is 30.6 Å². The maximum absolute atomic E-state index is 13.6. The average molecular weight is 536 g/mol. The molecule has 1 atom stereocenters. The summed E-state index contributed by atoms with van der Waals surface area (Å²) in [5, 5.41) is 5.53. The Kier molecular flexibility index (Phi) is 5.17. The molecule has 10 nitrogen and oxygen atoms in total. The Morgan fingerprint density at radius 1 is 1.16 bits per heavy atom.